The van der Waals surface area contributed by atoms with Gasteiger partial charge < -0.3 is 0 Å². The van der Waals surface area contributed by atoms with Crippen LogP contribution in [0.25, 0.3) is 22.6 Å². The molecule has 0 bridgehead atoms. The fraction of sp³-hybridized carbons (Fsp3) is 0.100. The molecule has 28 heavy (non-hydrogen) atoms. The maximum atomic E-state index is 14.2. The van der Waals surface area contributed by atoms with E-state index in [4.69, 9.17) is 0 Å². The molecule has 0 aliphatic heterocycles. The first kappa shape index (κ1) is 18.0. The van der Waals surface area contributed by atoms with Crippen molar-refractivity contribution in [3.05, 3.63) is 71.1 Å². The Morgan fingerprint density at radius 3 is 2.79 bits per heavy atom. The van der Waals surface area contributed by atoms with Crippen LogP contribution in [0.1, 0.15) is 15.9 Å². The Bertz CT molecular complexity index is 1170. The fourth-order valence-electron chi connectivity index (χ4n) is 2.87. The molecule has 1 N–H and O–H groups in total. The summed E-state index contributed by atoms with van der Waals surface area (Å²) in [6.07, 6.45) is 3.27. The van der Waals surface area contributed by atoms with E-state index in [1.165, 1.54) is 22.1 Å². The second-order valence-electron chi connectivity index (χ2n) is 6.21. The van der Waals surface area contributed by atoms with Crippen LogP contribution in [-0.4, -0.2) is 25.7 Å². The number of benzene rings is 1. The van der Waals surface area contributed by atoms with Gasteiger partial charge in [-0.3, -0.25) is 19.8 Å². The Kier molecular flexibility index (Phi) is 4.70. The first-order valence-electron chi connectivity index (χ1n) is 8.50. The molecule has 3 aromatic heterocycles. The van der Waals surface area contributed by atoms with E-state index in [1.807, 2.05) is 24.4 Å². The van der Waals surface area contributed by atoms with Gasteiger partial charge in [-0.05, 0) is 30.7 Å². The molecule has 0 unspecified atom stereocenters. The van der Waals surface area contributed by atoms with E-state index < -0.39 is 11.7 Å². The van der Waals surface area contributed by atoms with E-state index in [0.29, 0.717) is 10.8 Å². The lowest BCUT2D eigenvalue weighted by molar-refractivity contribution is 0.102. The van der Waals surface area contributed by atoms with Crippen molar-refractivity contribution >= 4 is 22.4 Å². The van der Waals surface area contributed by atoms with Crippen molar-refractivity contribution in [2.45, 2.75) is 6.92 Å². The summed E-state index contributed by atoms with van der Waals surface area (Å²) in [6, 6.07) is 10.1. The largest absolute Gasteiger partial charge is 0.298 e. The normalized spacial score (nSPS) is 10.8. The van der Waals surface area contributed by atoms with Crippen LogP contribution in [0, 0.1) is 12.7 Å². The molecule has 0 saturated heterocycles. The van der Waals surface area contributed by atoms with E-state index in [-0.39, 0.29) is 16.8 Å². The minimum absolute atomic E-state index is 0.275. The molecule has 4 rings (SSSR count). The van der Waals surface area contributed by atoms with Gasteiger partial charge in [0.15, 0.2) is 5.13 Å². The molecular weight excluding hydrogens is 377 g/mol. The number of nitrogens with zero attached hydrogens (tertiary/aromatic N) is 4. The molecule has 1 amide bonds. The molecule has 140 valence electrons. The first-order chi connectivity index (χ1) is 13.5. The molecule has 0 aliphatic carbocycles. The van der Waals surface area contributed by atoms with Crippen LogP contribution in [0.5, 0.6) is 0 Å². The second-order valence-corrected chi connectivity index (χ2v) is 7.06. The van der Waals surface area contributed by atoms with Gasteiger partial charge in [0.1, 0.15) is 17.2 Å². The number of carbonyl (C=O) groups excluding carboxylic acids is 1. The van der Waals surface area contributed by atoms with Gasteiger partial charge in [-0.15, -0.1) is 11.3 Å². The molecule has 1 aromatic carbocycles. The molecule has 4 aromatic rings. The highest BCUT2D eigenvalue weighted by atomic mass is 32.1. The lowest BCUT2D eigenvalue weighted by Gasteiger charge is -2.04. The molecule has 0 fully saturated rings. The van der Waals surface area contributed by atoms with Crippen LogP contribution in [0.3, 0.4) is 0 Å². The number of pyridine rings is 1. The van der Waals surface area contributed by atoms with Crippen LogP contribution >= 0.6 is 11.3 Å². The van der Waals surface area contributed by atoms with Crippen molar-refractivity contribution < 1.29 is 9.18 Å². The Balaban J connectivity index is 1.62. The van der Waals surface area contributed by atoms with Crippen LogP contribution in [0.2, 0.25) is 0 Å². The summed E-state index contributed by atoms with van der Waals surface area (Å²) in [5, 5.41) is 9.31. The minimum atomic E-state index is -0.433. The van der Waals surface area contributed by atoms with Crippen molar-refractivity contribution in [1.82, 2.24) is 19.7 Å². The average Bonchev–Trinajstić information content (AvgIpc) is 3.29. The molecular formula is C20H16FN5OS. The lowest BCUT2D eigenvalue weighted by atomic mass is 10.1. The van der Waals surface area contributed by atoms with Gasteiger partial charge in [0.25, 0.3) is 5.91 Å². The number of halogens is 1. The van der Waals surface area contributed by atoms with Gasteiger partial charge in [0.2, 0.25) is 0 Å². The summed E-state index contributed by atoms with van der Waals surface area (Å²) < 4.78 is 15.7. The third-order valence-electron chi connectivity index (χ3n) is 4.18. The van der Waals surface area contributed by atoms with Gasteiger partial charge in [0.05, 0.1) is 11.3 Å². The summed E-state index contributed by atoms with van der Waals surface area (Å²) in [5.74, 6) is -0.831. The number of amides is 1. The number of rotatable bonds is 4. The van der Waals surface area contributed by atoms with Crippen molar-refractivity contribution in [3.63, 3.8) is 0 Å². The van der Waals surface area contributed by atoms with Gasteiger partial charge >= 0.3 is 0 Å². The van der Waals surface area contributed by atoms with Crippen molar-refractivity contribution in [2.75, 3.05) is 5.32 Å². The smallest absolute Gasteiger partial charge is 0.261 e. The number of thiazole rings is 1. The van der Waals surface area contributed by atoms with Crippen LogP contribution in [0.4, 0.5) is 9.52 Å². The lowest BCUT2D eigenvalue weighted by Crippen LogP contribution is -2.12. The third kappa shape index (κ3) is 3.41. The maximum absolute atomic E-state index is 14.2. The van der Waals surface area contributed by atoms with Gasteiger partial charge in [-0.1, -0.05) is 18.2 Å². The van der Waals surface area contributed by atoms with Crippen LogP contribution in [-0.2, 0) is 7.05 Å². The molecule has 0 spiro atoms. The first-order valence-corrected chi connectivity index (χ1v) is 9.38. The van der Waals surface area contributed by atoms with E-state index in [0.717, 1.165) is 11.3 Å². The van der Waals surface area contributed by atoms with E-state index in [1.54, 1.807) is 37.6 Å². The minimum Gasteiger partial charge on any atom is -0.298 e. The average molecular weight is 393 g/mol. The number of aryl methyl sites for hydroxylation is 2. The maximum Gasteiger partial charge on any atom is 0.261 e. The van der Waals surface area contributed by atoms with Crippen molar-refractivity contribution in [2.24, 2.45) is 7.05 Å². The van der Waals surface area contributed by atoms with E-state index >= 15 is 0 Å². The predicted octanol–water partition coefficient (Wildman–Crippen LogP) is 4.31. The van der Waals surface area contributed by atoms with Gasteiger partial charge in [-0.2, -0.15) is 5.10 Å². The number of hydrogen-bond acceptors (Lipinski definition) is 5. The highest BCUT2D eigenvalue weighted by Crippen LogP contribution is 2.28. The number of hydrogen-bond donors (Lipinski definition) is 1. The Labute approximate surface area is 164 Å². The van der Waals surface area contributed by atoms with Crippen molar-refractivity contribution in [1.29, 1.82) is 0 Å². The second kappa shape index (κ2) is 7.32. The summed E-state index contributed by atoms with van der Waals surface area (Å²) in [6.45, 7) is 1.95. The highest BCUT2D eigenvalue weighted by molar-refractivity contribution is 7.14. The summed E-state index contributed by atoms with van der Waals surface area (Å²) >= 11 is 1.30. The Hall–Kier alpha value is -3.39. The number of nitrogens with one attached hydrogen (secondary N) is 1. The number of aromatic nitrogens is 4. The summed E-state index contributed by atoms with van der Waals surface area (Å²) in [7, 11) is 1.69. The van der Waals surface area contributed by atoms with E-state index in [2.05, 4.69) is 20.4 Å². The zero-order valence-corrected chi connectivity index (χ0v) is 16.0. The van der Waals surface area contributed by atoms with Crippen LogP contribution in [0.15, 0.2) is 54.2 Å². The van der Waals surface area contributed by atoms with Gasteiger partial charge in [0, 0.05) is 30.4 Å². The topological polar surface area (TPSA) is 72.7 Å². The van der Waals surface area contributed by atoms with Gasteiger partial charge in [-0.25, -0.2) is 9.37 Å². The summed E-state index contributed by atoms with van der Waals surface area (Å²) in [5.41, 5.74) is 3.30. The zero-order valence-electron chi connectivity index (χ0n) is 15.2. The van der Waals surface area contributed by atoms with E-state index in [9.17, 15) is 9.18 Å². The zero-order chi connectivity index (χ0) is 19.7. The molecule has 0 radical (unpaired) electrons. The molecule has 6 nitrogen and oxygen atoms in total. The molecule has 0 aliphatic rings. The summed E-state index contributed by atoms with van der Waals surface area (Å²) in [4.78, 5) is 21.6. The molecule has 0 atom stereocenters. The number of carbonyl (C=O) groups is 1. The standard InChI is InChI=1S/C20H16FN5OS/c1-12-6-5-9-22-17(12)16-11-28-20(23-16)24-19(27)14-10-26(2)25-18(14)13-7-3-4-8-15(13)21/h3-11H,1-2H3,(H,23,24,27). The van der Waals surface area contributed by atoms with Crippen LogP contribution < -0.4 is 5.32 Å². The SMILES string of the molecule is Cc1cccnc1-c1csc(NC(=O)c2cn(C)nc2-c2ccccc2F)n1. The monoisotopic (exact) mass is 393 g/mol. The Morgan fingerprint density at radius 2 is 2.00 bits per heavy atom. The highest BCUT2D eigenvalue weighted by Gasteiger charge is 2.20. The fourth-order valence-corrected chi connectivity index (χ4v) is 3.56. The van der Waals surface area contributed by atoms with Crippen molar-refractivity contribution in [3.8, 4) is 22.6 Å². The third-order valence-corrected chi connectivity index (χ3v) is 4.94. The molecule has 0 saturated carbocycles. The number of anilines is 1. The Morgan fingerprint density at radius 1 is 1.18 bits per heavy atom. The quantitative estimate of drug-likeness (QED) is 0.561. The molecule has 3 heterocycles. The predicted molar refractivity (Wildman–Crippen MR) is 107 cm³/mol. The molecule has 8 heteroatoms.